The molecule has 2 N–H and O–H groups in total. The van der Waals surface area contributed by atoms with Crippen molar-refractivity contribution in [1.29, 1.82) is 0 Å². The number of likely N-dealkylation sites (tertiary alicyclic amines) is 1. The molecule has 0 radical (unpaired) electrons. The first-order chi connectivity index (χ1) is 13.3. The van der Waals surface area contributed by atoms with Gasteiger partial charge in [0.25, 0.3) is 5.91 Å². The third-order valence-electron chi connectivity index (χ3n) is 4.56. The van der Waals surface area contributed by atoms with Crippen molar-refractivity contribution in [3.8, 4) is 0 Å². The number of likely N-dealkylation sites (N-methyl/N-ethyl adjacent to an activating group) is 1. The molecule has 2 atom stereocenters. The van der Waals surface area contributed by atoms with Gasteiger partial charge in [0.2, 0.25) is 0 Å². The lowest BCUT2D eigenvalue weighted by atomic mass is 10.0. The summed E-state index contributed by atoms with van der Waals surface area (Å²) in [7, 11) is 1.77. The summed E-state index contributed by atoms with van der Waals surface area (Å²) in [5.41, 5.74) is 1.70. The second kappa shape index (κ2) is 11.4. The van der Waals surface area contributed by atoms with E-state index in [1.165, 1.54) is 0 Å². The van der Waals surface area contributed by atoms with Crippen LogP contribution in [0.3, 0.4) is 0 Å². The maximum absolute atomic E-state index is 12.7. The fourth-order valence-corrected chi connectivity index (χ4v) is 3.22. The fraction of sp³-hybridized carbons (Fsp3) is 0.350. The average molecular weight is 466 g/mol. The summed E-state index contributed by atoms with van der Waals surface area (Å²) in [6, 6.07) is 15.2. The van der Waals surface area contributed by atoms with Gasteiger partial charge < -0.3 is 15.5 Å². The number of halogens is 5. The van der Waals surface area contributed by atoms with E-state index in [0.717, 1.165) is 0 Å². The van der Waals surface area contributed by atoms with Gasteiger partial charge in [-0.05, 0) is 50.3 Å². The van der Waals surface area contributed by atoms with Crippen molar-refractivity contribution in [2.45, 2.75) is 24.9 Å². The lowest BCUT2D eigenvalue weighted by molar-refractivity contribution is -0.346. The monoisotopic (exact) mass is 465 g/mol. The SMILES string of the molecule is CN1CCC(Nc2cccc(NC(=O)c3ccccc3)c2)C(OC(F)(F)F)C1.Cl.Cl. The molecular formula is C20H24Cl2F3N3O2. The molecule has 1 amide bonds. The number of rotatable bonds is 5. The number of ether oxygens (including phenoxy) is 1. The molecule has 2 aromatic rings. The van der Waals surface area contributed by atoms with Crippen LogP contribution in [0.2, 0.25) is 0 Å². The van der Waals surface area contributed by atoms with Gasteiger partial charge in [-0.1, -0.05) is 24.3 Å². The molecule has 0 aliphatic carbocycles. The third-order valence-corrected chi connectivity index (χ3v) is 4.56. The predicted molar refractivity (Wildman–Crippen MR) is 116 cm³/mol. The van der Waals surface area contributed by atoms with Gasteiger partial charge in [0.1, 0.15) is 0 Å². The topological polar surface area (TPSA) is 53.6 Å². The highest BCUT2D eigenvalue weighted by Gasteiger charge is 2.39. The molecule has 2 unspecified atom stereocenters. The molecule has 30 heavy (non-hydrogen) atoms. The Balaban J connectivity index is 0.00000225. The summed E-state index contributed by atoms with van der Waals surface area (Å²) in [6.45, 7) is 0.849. The molecule has 0 bridgehead atoms. The highest BCUT2D eigenvalue weighted by atomic mass is 35.5. The Labute approximate surface area is 185 Å². The van der Waals surface area contributed by atoms with Crippen LogP contribution in [0.1, 0.15) is 16.8 Å². The molecule has 0 spiro atoms. The van der Waals surface area contributed by atoms with Gasteiger partial charge in [0.05, 0.1) is 12.1 Å². The van der Waals surface area contributed by atoms with Crippen molar-refractivity contribution < 1.29 is 22.7 Å². The van der Waals surface area contributed by atoms with Crippen LogP contribution in [-0.2, 0) is 4.74 Å². The number of nitrogens with zero attached hydrogens (tertiary/aromatic N) is 1. The second-order valence-corrected chi connectivity index (χ2v) is 6.80. The summed E-state index contributed by atoms with van der Waals surface area (Å²) < 4.78 is 42.5. The van der Waals surface area contributed by atoms with Crippen LogP contribution in [0.25, 0.3) is 0 Å². The molecule has 1 heterocycles. The summed E-state index contributed by atoms with van der Waals surface area (Å²) in [6.07, 6.45) is -5.19. The lowest BCUT2D eigenvalue weighted by Gasteiger charge is -2.37. The van der Waals surface area contributed by atoms with Crippen molar-refractivity contribution in [3.05, 3.63) is 60.2 Å². The van der Waals surface area contributed by atoms with E-state index < -0.39 is 18.5 Å². The minimum absolute atomic E-state index is 0. The van der Waals surface area contributed by atoms with Crippen LogP contribution >= 0.6 is 24.8 Å². The molecule has 5 nitrogen and oxygen atoms in total. The van der Waals surface area contributed by atoms with Gasteiger partial charge in [-0.3, -0.25) is 9.53 Å². The highest BCUT2D eigenvalue weighted by molar-refractivity contribution is 6.04. The van der Waals surface area contributed by atoms with Gasteiger partial charge in [-0.15, -0.1) is 38.0 Å². The van der Waals surface area contributed by atoms with E-state index in [2.05, 4.69) is 15.4 Å². The maximum Gasteiger partial charge on any atom is 0.522 e. The van der Waals surface area contributed by atoms with E-state index in [9.17, 15) is 18.0 Å². The number of nitrogens with one attached hydrogen (secondary N) is 2. The van der Waals surface area contributed by atoms with Crippen LogP contribution in [0.4, 0.5) is 24.5 Å². The quantitative estimate of drug-likeness (QED) is 0.665. The minimum Gasteiger partial charge on any atom is -0.380 e. The Morgan fingerprint density at radius 1 is 1.07 bits per heavy atom. The zero-order valence-electron chi connectivity index (χ0n) is 16.2. The number of hydrogen-bond acceptors (Lipinski definition) is 4. The Morgan fingerprint density at radius 2 is 1.73 bits per heavy atom. The zero-order chi connectivity index (χ0) is 20.1. The summed E-state index contributed by atoms with van der Waals surface area (Å²) in [5.74, 6) is -0.254. The Hall–Kier alpha value is -2.00. The molecule has 10 heteroatoms. The largest absolute Gasteiger partial charge is 0.522 e. The van der Waals surface area contributed by atoms with Crippen molar-refractivity contribution in [1.82, 2.24) is 4.90 Å². The molecule has 3 rings (SSSR count). The standard InChI is InChI=1S/C20H22F3N3O2.2ClH/c1-26-11-10-17(18(13-26)28-20(21,22)23)24-15-8-5-9-16(12-15)25-19(27)14-6-3-2-4-7-14;;/h2-9,12,17-18,24H,10-11,13H2,1H3,(H,25,27);2*1H. The number of carbonyl (C=O) groups excluding carboxylic acids is 1. The number of benzene rings is 2. The summed E-state index contributed by atoms with van der Waals surface area (Å²) in [5, 5.41) is 5.92. The number of amides is 1. The molecule has 1 aliphatic rings. The molecule has 1 saturated heterocycles. The maximum atomic E-state index is 12.7. The van der Waals surface area contributed by atoms with Gasteiger partial charge >= 0.3 is 6.36 Å². The molecule has 0 aromatic heterocycles. The fourth-order valence-electron chi connectivity index (χ4n) is 3.22. The zero-order valence-corrected chi connectivity index (χ0v) is 17.8. The minimum atomic E-state index is -4.69. The average Bonchev–Trinajstić information content (AvgIpc) is 2.64. The van der Waals surface area contributed by atoms with Crippen molar-refractivity contribution >= 4 is 42.1 Å². The molecule has 0 saturated carbocycles. The number of alkyl halides is 3. The molecule has 1 fully saturated rings. The first-order valence-electron chi connectivity index (χ1n) is 8.96. The number of anilines is 2. The molecule has 1 aliphatic heterocycles. The van der Waals surface area contributed by atoms with Gasteiger partial charge in [-0.2, -0.15) is 0 Å². The van der Waals surface area contributed by atoms with Crippen LogP contribution in [0.15, 0.2) is 54.6 Å². The number of hydrogen-bond donors (Lipinski definition) is 2. The summed E-state index contributed by atoms with van der Waals surface area (Å²) in [4.78, 5) is 14.1. The molecular weight excluding hydrogens is 442 g/mol. The first-order valence-corrected chi connectivity index (χ1v) is 8.96. The van der Waals surface area contributed by atoms with E-state index in [0.29, 0.717) is 29.9 Å². The second-order valence-electron chi connectivity index (χ2n) is 6.80. The van der Waals surface area contributed by atoms with E-state index >= 15 is 0 Å². The van der Waals surface area contributed by atoms with Crippen LogP contribution < -0.4 is 10.6 Å². The van der Waals surface area contributed by atoms with Gasteiger partial charge in [-0.25, -0.2) is 0 Å². The van der Waals surface area contributed by atoms with Crippen LogP contribution in [0.5, 0.6) is 0 Å². The molecule has 166 valence electrons. The third kappa shape index (κ3) is 7.68. The summed E-state index contributed by atoms with van der Waals surface area (Å²) >= 11 is 0. The van der Waals surface area contributed by atoms with Gasteiger partial charge in [0, 0.05) is 23.5 Å². The van der Waals surface area contributed by atoms with Crippen LogP contribution in [-0.4, -0.2) is 49.5 Å². The Bertz CT molecular complexity index is 809. The normalized spacial score (nSPS) is 19.2. The van der Waals surface area contributed by atoms with E-state index in [-0.39, 0.29) is 37.3 Å². The first kappa shape index (κ1) is 26.0. The number of piperidine rings is 1. The van der Waals surface area contributed by atoms with E-state index in [1.54, 1.807) is 55.6 Å². The lowest BCUT2D eigenvalue weighted by Crippen LogP contribution is -2.51. The van der Waals surface area contributed by atoms with E-state index in [4.69, 9.17) is 0 Å². The highest BCUT2D eigenvalue weighted by Crippen LogP contribution is 2.26. The molecule has 2 aromatic carbocycles. The van der Waals surface area contributed by atoms with Crippen LogP contribution in [0, 0.1) is 0 Å². The Kier molecular flexibility index (Phi) is 9.90. The Morgan fingerprint density at radius 3 is 2.40 bits per heavy atom. The van der Waals surface area contributed by atoms with E-state index in [1.807, 2.05) is 11.0 Å². The van der Waals surface area contributed by atoms with Gasteiger partial charge in [0.15, 0.2) is 0 Å². The van der Waals surface area contributed by atoms with Crippen molar-refractivity contribution in [3.63, 3.8) is 0 Å². The smallest absolute Gasteiger partial charge is 0.380 e. The van der Waals surface area contributed by atoms with Crippen molar-refractivity contribution in [2.24, 2.45) is 0 Å². The number of carbonyl (C=O) groups is 1. The predicted octanol–water partition coefficient (Wildman–Crippen LogP) is 4.80. The van der Waals surface area contributed by atoms with Crippen molar-refractivity contribution in [2.75, 3.05) is 30.8 Å².